The second kappa shape index (κ2) is 7.57. The fourth-order valence-electron chi connectivity index (χ4n) is 1.72. The number of nitrogens with one attached hydrogen (secondary N) is 1. The number of hydrogen-bond acceptors (Lipinski definition) is 2. The van der Waals surface area contributed by atoms with Crippen LogP contribution in [0.3, 0.4) is 0 Å². The predicted molar refractivity (Wildman–Crippen MR) is 79.2 cm³/mol. The highest BCUT2D eigenvalue weighted by atomic mass is 32.2. The van der Waals surface area contributed by atoms with Gasteiger partial charge < -0.3 is 5.32 Å². The summed E-state index contributed by atoms with van der Waals surface area (Å²) in [6, 6.07) is 11.1. The summed E-state index contributed by atoms with van der Waals surface area (Å²) in [6.07, 6.45) is 3.14. The van der Waals surface area contributed by atoms with Gasteiger partial charge in [-0.05, 0) is 29.1 Å². The molecule has 0 saturated carbocycles. The van der Waals surface area contributed by atoms with Crippen LogP contribution in [0.15, 0.2) is 41.8 Å². The summed E-state index contributed by atoms with van der Waals surface area (Å²) in [6.45, 7) is 9.53. The fraction of sp³-hybridized carbons (Fsp3) is 0.467. The van der Waals surface area contributed by atoms with Gasteiger partial charge in [-0.15, -0.1) is 11.8 Å². The molecule has 0 spiro atoms. The minimum absolute atomic E-state index is 0.509. The monoisotopic (exact) mass is 249 g/mol. The lowest BCUT2D eigenvalue weighted by Gasteiger charge is -2.23. The van der Waals surface area contributed by atoms with Gasteiger partial charge in [0.05, 0.1) is 0 Å². The van der Waals surface area contributed by atoms with Gasteiger partial charge in [0.2, 0.25) is 0 Å². The molecule has 0 aliphatic heterocycles. The first kappa shape index (κ1) is 14.3. The van der Waals surface area contributed by atoms with E-state index < -0.39 is 0 Å². The van der Waals surface area contributed by atoms with Crippen molar-refractivity contribution in [3.05, 3.63) is 47.4 Å². The smallest absolute Gasteiger partial charge is 0.0208 e. The molecule has 1 unspecified atom stereocenters. The van der Waals surface area contributed by atoms with Crippen LogP contribution in [0.2, 0.25) is 0 Å². The van der Waals surface area contributed by atoms with Crippen molar-refractivity contribution in [2.75, 3.05) is 6.26 Å². The highest BCUT2D eigenvalue weighted by molar-refractivity contribution is 8.02. The van der Waals surface area contributed by atoms with Crippen LogP contribution in [0.4, 0.5) is 0 Å². The Morgan fingerprint density at radius 1 is 1.29 bits per heavy atom. The first-order valence-electron chi connectivity index (χ1n) is 6.12. The molecule has 0 fully saturated rings. The third kappa shape index (κ3) is 5.42. The van der Waals surface area contributed by atoms with Gasteiger partial charge in [0, 0.05) is 12.6 Å². The van der Waals surface area contributed by atoms with Gasteiger partial charge in [0.1, 0.15) is 0 Å². The first-order valence-corrected chi connectivity index (χ1v) is 7.35. The van der Waals surface area contributed by atoms with Crippen LogP contribution >= 0.6 is 11.8 Å². The van der Waals surface area contributed by atoms with Gasteiger partial charge >= 0.3 is 0 Å². The van der Waals surface area contributed by atoms with E-state index in [0.717, 1.165) is 13.0 Å². The number of hydrogen-bond donors (Lipinski definition) is 1. The predicted octanol–water partition coefficient (Wildman–Crippen LogP) is 4.07. The number of benzene rings is 1. The maximum Gasteiger partial charge on any atom is 0.0208 e. The summed E-state index contributed by atoms with van der Waals surface area (Å²) in [5, 5.41) is 3.63. The van der Waals surface area contributed by atoms with Crippen molar-refractivity contribution < 1.29 is 0 Å². The summed E-state index contributed by atoms with van der Waals surface area (Å²) in [5.74, 6) is 0.627. The molecule has 0 heterocycles. The van der Waals surface area contributed by atoms with E-state index in [2.05, 4.69) is 62.3 Å². The highest BCUT2D eigenvalue weighted by Crippen LogP contribution is 2.19. The zero-order valence-electron chi connectivity index (χ0n) is 11.1. The highest BCUT2D eigenvalue weighted by Gasteiger charge is 2.13. The summed E-state index contributed by atoms with van der Waals surface area (Å²) >= 11 is 1.76. The number of thioether (sulfide) groups is 1. The molecule has 0 aliphatic carbocycles. The standard InChI is InChI=1S/C15H23NS/c1-12(2)15(10-13(3)17-4)16-11-14-8-6-5-7-9-14/h5-9,12,15-16H,3,10-11H2,1-2,4H3. The van der Waals surface area contributed by atoms with Crippen LogP contribution in [-0.2, 0) is 6.54 Å². The molecule has 1 aromatic rings. The Kier molecular flexibility index (Phi) is 6.38. The van der Waals surface area contributed by atoms with E-state index in [-0.39, 0.29) is 0 Å². The van der Waals surface area contributed by atoms with E-state index in [0.29, 0.717) is 12.0 Å². The number of rotatable bonds is 7. The molecule has 17 heavy (non-hydrogen) atoms. The molecule has 0 amide bonds. The van der Waals surface area contributed by atoms with Gasteiger partial charge in [-0.1, -0.05) is 50.8 Å². The molecule has 0 aromatic heterocycles. The zero-order chi connectivity index (χ0) is 12.7. The lowest BCUT2D eigenvalue weighted by molar-refractivity contribution is 0.399. The van der Waals surface area contributed by atoms with Crippen molar-refractivity contribution in [1.82, 2.24) is 5.32 Å². The van der Waals surface area contributed by atoms with Crippen LogP contribution < -0.4 is 5.32 Å². The molecule has 1 aromatic carbocycles. The van der Waals surface area contributed by atoms with Crippen molar-refractivity contribution in [3.63, 3.8) is 0 Å². The Morgan fingerprint density at radius 3 is 2.47 bits per heavy atom. The van der Waals surface area contributed by atoms with Crippen molar-refractivity contribution in [2.45, 2.75) is 32.9 Å². The van der Waals surface area contributed by atoms with E-state index in [9.17, 15) is 0 Å². The quantitative estimate of drug-likeness (QED) is 0.782. The molecular weight excluding hydrogens is 226 g/mol. The van der Waals surface area contributed by atoms with E-state index in [4.69, 9.17) is 0 Å². The third-order valence-corrected chi connectivity index (χ3v) is 3.70. The lowest BCUT2D eigenvalue weighted by atomic mass is 10.0. The average Bonchev–Trinajstić information content (AvgIpc) is 2.35. The Morgan fingerprint density at radius 2 is 1.94 bits per heavy atom. The minimum atomic E-state index is 0.509. The Labute approximate surface area is 110 Å². The van der Waals surface area contributed by atoms with Gasteiger partial charge in [0.15, 0.2) is 0 Å². The van der Waals surface area contributed by atoms with Gasteiger partial charge in [0.25, 0.3) is 0 Å². The summed E-state index contributed by atoms with van der Waals surface area (Å²) < 4.78 is 0. The van der Waals surface area contributed by atoms with Crippen LogP contribution in [0, 0.1) is 5.92 Å². The first-order chi connectivity index (χ1) is 8.13. The van der Waals surface area contributed by atoms with Crippen LogP contribution in [-0.4, -0.2) is 12.3 Å². The molecule has 0 aliphatic rings. The molecule has 1 N–H and O–H groups in total. The molecule has 1 rings (SSSR count). The Hall–Kier alpha value is -0.730. The summed E-state index contributed by atoms with van der Waals surface area (Å²) in [5.41, 5.74) is 1.34. The Bertz CT molecular complexity index is 332. The molecule has 94 valence electrons. The van der Waals surface area contributed by atoms with Crippen LogP contribution in [0.25, 0.3) is 0 Å². The topological polar surface area (TPSA) is 12.0 Å². The maximum absolute atomic E-state index is 4.07. The lowest BCUT2D eigenvalue weighted by Crippen LogP contribution is -2.33. The largest absolute Gasteiger partial charge is 0.309 e. The second-order valence-electron chi connectivity index (χ2n) is 4.66. The summed E-state index contributed by atoms with van der Waals surface area (Å²) in [7, 11) is 0. The van der Waals surface area contributed by atoms with E-state index in [1.165, 1.54) is 10.5 Å². The molecule has 0 saturated heterocycles. The van der Waals surface area contributed by atoms with Crippen molar-refractivity contribution in [3.8, 4) is 0 Å². The SMILES string of the molecule is C=C(CC(NCc1ccccc1)C(C)C)SC. The molecule has 1 atom stereocenters. The molecular formula is C15H23NS. The molecule has 0 bridgehead atoms. The van der Waals surface area contributed by atoms with Crippen molar-refractivity contribution in [2.24, 2.45) is 5.92 Å². The maximum atomic E-state index is 4.07. The average molecular weight is 249 g/mol. The van der Waals surface area contributed by atoms with Gasteiger partial charge in [-0.25, -0.2) is 0 Å². The zero-order valence-corrected chi connectivity index (χ0v) is 11.9. The normalized spacial score (nSPS) is 12.7. The van der Waals surface area contributed by atoms with Crippen molar-refractivity contribution >= 4 is 11.8 Å². The Balaban J connectivity index is 2.47. The van der Waals surface area contributed by atoms with Crippen LogP contribution in [0.1, 0.15) is 25.8 Å². The minimum Gasteiger partial charge on any atom is -0.309 e. The van der Waals surface area contributed by atoms with E-state index >= 15 is 0 Å². The van der Waals surface area contributed by atoms with Gasteiger partial charge in [-0.2, -0.15) is 0 Å². The van der Waals surface area contributed by atoms with E-state index in [1.54, 1.807) is 11.8 Å². The van der Waals surface area contributed by atoms with Crippen LogP contribution in [0.5, 0.6) is 0 Å². The van der Waals surface area contributed by atoms with Crippen molar-refractivity contribution in [1.29, 1.82) is 0 Å². The molecule has 2 heteroatoms. The second-order valence-corrected chi connectivity index (χ2v) is 5.65. The molecule has 1 nitrogen and oxygen atoms in total. The summed E-state index contributed by atoms with van der Waals surface area (Å²) in [4.78, 5) is 1.25. The van der Waals surface area contributed by atoms with Gasteiger partial charge in [-0.3, -0.25) is 0 Å². The third-order valence-electron chi connectivity index (χ3n) is 2.95. The van der Waals surface area contributed by atoms with E-state index in [1.807, 2.05) is 0 Å². The molecule has 0 radical (unpaired) electrons. The fourth-order valence-corrected chi connectivity index (χ4v) is 2.06.